The van der Waals surface area contributed by atoms with Crippen LogP contribution in [0.2, 0.25) is 0 Å². The molecule has 0 spiro atoms. The summed E-state index contributed by atoms with van der Waals surface area (Å²) in [5, 5.41) is 10.8. The van der Waals surface area contributed by atoms with Gasteiger partial charge in [-0.3, -0.25) is 15.1 Å². The van der Waals surface area contributed by atoms with E-state index in [4.69, 9.17) is 0 Å². The molecule has 0 unspecified atom stereocenters. The summed E-state index contributed by atoms with van der Waals surface area (Å²) in [7, 11) is 0. The highest BCUT2D eigenvalue weighted by Crippen LogP contribution is 2.28. The van der Waals surface area contributed by atoms with Crippen molar-refractivity contribution in [2.24, 2.45) is 4.99 Å². The molecule has 0 aliphatic carbocycles. The Kier molecular flexibility index (Phi) is 5.26. The molecule has 0 heterocycles. The molecule has 5 heteroatoms. The van der Waals surface area contributed by atoms with Gasteiger partial charge in [0.2, 0.25) is 0 Å². The maximum absolute atomic E-state index is 10.8. The number of non-ortho nitro benzene ring substituents is 1. The van der Waals surface area contributed by atoms with Crippen LogP contribution in [0.25, 0.3) is 0 Å². The van der Waals surface area contributed by atoms with Gasteiger partial charge in [0.05, 0.1) is 10.6 Å². The van der Waals surface area contributed by atoms with Crippen LogP contribution < -0.4 is 0 Å². The number of hydrogen-bond acceptors (Lipinski definition) is 4. The summed E-state index contributed by atoms with van der Waals surface area (Å²) >= 11 is 1.71. The van der Waals surface area contributed by atoms with E-state index in [0.29, 0.717) is 5.69 Å². The average molecular weight is 348 g/mol. The SMILES string of the molecule is Cc1ccc(Sc2ccc(C=Nc3cccc([N+](=O)[O-])c3)cc2)cc1. The molecule has 0 aliphatic heterocycles. The number of nitro benzene ring substituents is 1. The molecule has 0 radical (unpaired) electrons. The molecule has 0 fully saturated rings. The lowest BCUT2D eigenvalue weighted by molar-refractivity contribution is -0.384. The average Bonchev–Trinajstić information content (AvgIpc) is 2.63. The van der Waals surface area contributed by atoms with E-state index in [0.717, 1.165) is 10.5 Å². The molecule has 3 aromatic carbocycles. The van der Waals surface area contributed by atoms with Crippen molar-refractivity contribution < 1.29 is 4.92 Å². The van der Waals surface area contributed by atoms with Gasteiger partial charge in [-0.05, 0) is 42.8 Å². The largest absolute Gasteiger partial charge is 0.271 e. The van der Waals surface area contributed by atoms with E-state index in [-0.39, 0.29) is 5.69 Å². The monoisotopic (exact) mass is 348 g/mol. The Balaban J connectivity index is 1.69. The maximum Gasteiger partial charge on any atom is 0.271 e. The van der Waals surface area contributed by atoms with Gasteiger partial charge in [-0.15, -0.1) is 0 Å². The highest BCUT2D eigenvalue weighted by molar-refractivity contribution is 7.99. The Morgan fingerprint density at radius 1 is 0.960 bits per heavy atom. The molecule has 0 bridgehead atoms. The summed E-state index contributed by atoms with van der Waals surface area (Å²) < 4.78 is 0. The van der Waals surface area contributed by atoms with E-state index in [2.05, 4.69) is 36.2 Å². The summed E-state index contributed by atoms with van der Waals surface area (Å²) in [6, 6.07) is 22.7. The molecule has 25 heavy (non-hydrogen) atoms. The summed E-state index contributed by atoms with van der Waals surface area (Å²) in [6.45, 7) is 2.07. The van der Waals surface area contributed by atoms with E-state index in [1.807, 2.05) is 24.3 Å². The number of aliphatic imine (C=N–C) groups is 1. The lowest BCUT2D eigenvalue weighted by Crippen LogP contribution is -1.86. The highest BCUT2D eigenvalue weighted by Gasteiger charge is 2.04. The molecule has 0 aromatic heterocycles. The predicted molar refractivity (Wildman–Crippen MR) is 102 cm³/mol. The van der Waals surface area contributed by atoms with E-state index >= 15 is 0 Å². The van der Waals surface area contributed by atoms with Crippen LogP contribution in [0.5, 0.6) is 0 Å². The zero-order valence-corrected chi connectivity index (χ0v) is 14.4. The van der Waals surface area contributed by atoms with Crippen molar-refractivity contribution in [2.45, 2.75) is 16.7 Å². The van der Waals surface area contributed by atoms with E-state index < -0.39 is 4.92 Å². The van der Waals surface area contributed by atoms with E-state index in [9.17, 15) is 10.1 Å². The summed E-state index contributed by atoms with van der Waals surface area (Å²) in [5.41, 5.74) is 2.80. The lowest BCUT2D eigenvalue weighted by atomic mass is 10.2. The van der Waals surface area contributed by atoms with Crippen LogP contribution in [0.15, 0.2) is 87.6 Å². The zero-order valence-electron chi connectivity index (χ0n) is 13.6. The summed E-state index contributed by atoms with van der Waals surface area (Å²) in [5.74, 6) is 0. The van der Waals surface area contributed by atoms with Gasteiger partial charge in [-0.1, -0.05) is 47.7 Å². The molecule has 0 amide bonds. The van der Waals surface area contributed by atoms with Crippen LogP contribution in [-0.2, 0) is 0 Å². The Morgan fingerprint density at radius 2 is 1.60 bits per heavy atom. The second-order valence-electron chi connectivity index (χ2n) is 5.52. The van der Waals surface area contributed by atoms with Crippen molar-refractivity contribution in [3.8, 4) is 0 Å². The minimum absolute atomic E-state index is 0.0412. The minimum Gasteiger partial charge on any atom is -0.258 e. The van der Waals surface area contributed by atoms with Gasteiger partial charge >= 0.3 is 0 Å². The first-order chi connectivity index (χ1) is 12.1. The zero-order chi connectivity index (χ0) is 17.6. The summed E-state index contributed by atoms with van der Waals surface area (Å²) in [6.07, 6.45) is 1.71. The predicted octanol–water partition coefficient (Wildman–Crippen LogP) is 5.81. The number of rotatable bonds is 5. The number of benzene rings is 3. The number of nitrogens with zero attached hydrogens (tertiary/aromatic N) is 2. The topological polar surface area (TPSA) is 55.5 Å². The molecule has 0 N–H and O–H groups in total. The maximum atomic E-state index is 10.8. The molecule has 124 valence electrons. The van der Waals surface area contributed by atoms with Gasteiger partial charge in [0, 0.05) is 28.1 Å². The molecule has 0 aliphatic rings. The Hall–Kier alpha value is -2.92. The molecule has 0 saturated carbocycles. The van der Waals surface area contributed by atoms with Gasteiger partial charge in [0.15, 0.2) is 0 Å². The second-order valence-corrected chi connectivity index (χ2v) is 6.67. The number of nitro groups is 1. The minimum atomic E-state index is -0.421. The quantitative estimate of drug-likeness (QED) is 0.332. The molecular formula is C20H16N2O2S. The van der Waals surface area contributed by atoms with Crippen molar-refractivity contribution in [1.82, 2.24) is 0 Å². The third kappa shape index (κ3) is 4.78. The van der Waals surface area contributed by atoms with E-state index in [1.54, 1.807) is 30.1 Å². The van der Waals surface area contributed by atoms with Gasteiger partial charge < -0.3 is 0 Å². The van der Waals surface area contributed by atoms with Gasteiger partial charge in [-0.2, -0.15) is 0 Å². The van der Waals surface area contributed by atoms with Crippen LogP contribution in [0.4, 0.5) is 11.4 Å². The van der Waals surface area contributed by atoms with Crippen molar-refractivity contribution >= 4 is 29.4 Å². The van der Waals surface area contributed by atoms with Gasteiger partial charge in [-0.25, -0.2) is 0 Å². The van der Waals surface area contributed by atoms with Crippen molar-refractivity contribution in [3.05, 3.63) is 94.0 Å². The Bertz CT molecular complexity index is 904. The summed E-state index contributed by atoms with van der Waals surface area (Å²) in [4.78, 5) is 17.0. The number of aryl methyl sites for hydroxylation is 1. The first-order valence-corrected chi connectivity index (χ1v) is 8.55. The van der Waals surface area contributed by atoms with Gasteiger partial charge in [0.25, 0.3) is 5.69 Å². The standard InChI is InChI=1S/C20H16N2O2S/c1-15-5-9-19(10-6-15)25-20-11-7-16(8-12-20)14-21-17-3-2-4-18(13-17)22(23)24/h2-14H,1H3. The van der Waals surface area contributed by atoms with Crippen LogP contribution in [-0.4, -0.2) is 11.1 Å². The molecule has 3 aromatic rings. The Morgan fingerprint density at radius 3 is 2.24 bits per heavy atom. The first kappa shape index (κ1) is 16.9. The third-order valence-corrected chi connectivity index (χ3v) is 4.56. The van der Waals surface area contributed by atoms with Crippen LogP contribution in [0.1, 0.15) is 11.1 Å². The lowest BCUT2D eigenvalue weighted by Gasteiger charge is -2.02. The van der Waals surface area contributed by atoms with Crippen molar-refractivity contribution in [2.75, 3.05) is 0 Å². The highest BCUT2D eigenvalue weighted by atomic mass is 32.2. The first-order valence-electron chi connectivity index (χ1n) is 7.73. The van der Waals surface area contributed by atoms with Crippen molar-refractivity contribution in [1.29, 1.82) is 0 Å². The fraction of sp³-hybridized carbons (Fsp3) is 0.0500. The molecule has 3 rings (SSSR count). The molecule has 0 saturated heterocycles. The second kappa shape index (κ2) is 7.77. The van der Waals surface area contributed by atoms with Crippen LogP contribution in [0.3, 0.4) is 0 Å². The van der Waals surface area contributed by atoms with Crippen LogP contribution >= 0.6 is 11.8 Å². The molecule has 4 nitrogen and oxygen atoms in total. The fourth-order valence-electron chi connectivity index (χ4n) is 2.20. The fourth-order valence-corrected chi connectivity index (χ4v) is 3.02. The van der Waals surface area contributed by atoms with Crippen LogP contribution in [0, 0.1) is 17.0 Å². The third-order valence-electron chi connectivity index (χ3n) is 3.54. The normalized spacial score (nSPS) is 10.9. The molecular weight excluding hydrogens is 332 g/mol. The molecule has 0 atom stereocenters. The van der Waals surface area contributed by atoms with E-state index in [1.165, 1.54) is 22.6 Å². The number of hydrogen-bond donors (Lipinski definition) is 0. The Labute approximate surface area is 150 Å². The smallest absolute Gasteiger partial charge is 0.258 e. The van der Waals surface area contributed by atoms with Gasteiger partial charge in [0.1, 0.15) is 0 Å². The van der Waals surface area contributed by atoms with Crippen molar-refractivity contribution in [3.63, 3.8) is 0 Å².